The first-order valence-corrected chi connectivity index (χ1v) is 8.31. The van der Waals surface area contributed by atoms with Crippen molar-refractivity contribution in [2.75, 3.05) is 18.4 Å². The Morgan fingerprint density at radius 1 is 1.12 bits per heavy atom. The van der Waals surface area contributed by atoms with Gasteiger partial charge in [0.05, 0.1) is 6.54 Å². The number of hydrogen-bond donors (Lipinski definition) is 3. The van der Waals surface area contributed by atoms with Gasteiger partial charge < -0.3 is 15.5 Å². The molecule has 7 nitrogen and oxygen atoms in total. The molecule has 0 atom stereocenters. The molecule has 0 aliphatic heterocycles. The largest absolute Gasteiger partial charge is 0.376 e. The zero-order chi connectivity index (χ0) is 19.0. The maximum Gasteiger partial charge on any atom is 0.321 e. The van der Waals surface area contributed by atoms with E-state index in [2.05, 4.69) is 16.0 Å². The van der Waals surface area contributed by atoms with Crippen LogP contribution in [0.4, 0.5) is 10.5 Å². The van der Waals surface area contributed by atoms with Crippen molar-refractivity contribution < 1.29 is 14.4 Å². The third-order valence-corrected chi connectivity index (χ3v) is 3.39. The van der Waals surface area contributed by atoms with Crippen molar-refractivity contribution in [3.05, 3.63) is 29.8 Å². The lowest BCUT2D eigenvalue weighted by atomic mass is 10.1. The molecule has 0 unspecified atom stereocenters. The Labute approximate surface area is 149 Å². The molecule has 0 aliphatic carbocycles. The molecule has 25 heavy (non-hydrogen) atoms. The number of carbonyl (C=O) groups excluding carboxylic acids is 3. The molecular formula is C18H28N4O3. The fourth-order valence-electron chi connectivity index (χ4n) is 2.20. The van der Waals surface area contributed by atoms with E-state index in [0.717, 1.165) is 11.3 Å². The van der Waals surface area contributed by atoms with E-state index in [1.165, 1.54) is 6.92 Å². The van der Waals surface area contributed by atoms with E-state index in [1.54, 1.807) is 4.90 Å². The van der Waals surface area contributed by atoms with Crippen LogP contribution in [0.3, 0.4) is 0 Å². The standard InChI is InChI=1S/C18H28N4O3/c1-6-22(13(2)23)12-14-9-7-8-10-15(14)19-11-16(24)20-17(25)21-18(3,4)5/h7-10,19H,6,11-12H2,1-5H3,(H2,20,21,24,25). The number of anilines is 1. The Morgan fingerprint density at radius 3 is 2.32 bits per heavy atom. The predicted molar refractivity (Wildman–Crippen MR) is 98.1 cm³/mol. The number of nitrogens with one attached hydrogen (secondary N) is 3. The van der Waals surface area contributed by atoms with Crippen LogP contribution < -0.4 is 16.0 Å². The SMILES string of the molecule is CCN(Cc1ccccc1NCC(=O)NC(=O)NC(C)(C)C)C(C)=O. The van der Waals surface area contributed by atoms with Crippen LogP contribution in [0.25, 0.3) is 0 Å². The summed E-state index contributed by atoms with van der Waals surface area (Å²) in [4.78, 5) is 36.9. The summed E-state index contributed by atoms with van der Waals surface area (Å²) in [7, 11) is 0. The second-order valence-corrected chi connectivity index (χ2v) is 6.80. The van der Waals surface area contributed by atoms with Gasteiger partial charge in [-0.2, -0.15) is 0 Å². The van der Waals surface area contributed by atoms with Crippen LogP contribution in [-0.2, 0) is 16.1 Å². The molecule has 0 aromatic heterocycles. The van der Waals surface area contributed by atoms with Crippen LogP contribution in [0.1, 0.15) is 40.2 Å². The normalized spacial score (nSPS) is 10.8. The van der Waals surface area contributed by atoms with Crippen LogP contribution in [0, 0.1) is 0 Å². The average molecular weight is 348 g/mol. The van der Waals surface area contributed by atoms with Crippen LogP contribution in [0.2, 0.25) is 0 Å². The fourth-order valence-corrected chi connectivity index (χ4v) is 2.20. The van der Waals surface area contributed by atoms with Gasteiger partial charge in [0, 0.05) is 31.2 Å². The highest BCUT2D eigenvalue weighted by molar-refractivity contribution is 5.96. The molecule has 138 valence electrons. The van der Waals surface area contributed by atoms with Gasteiger partial charge >= 0.3 is 6.03 Å². The van der Waals surface area contributed by atoms with Crippen molar-refractivity contribution in [1.82, 2.24) is 15.5 Å². The summed E-state index contributed by atoms with van der Waals surface area (Å²) in [5, 5.41) is 7.96. The van der Waals surface area contributed by atoms with Gasteiger partial charge in [0.25, 0.3) is 0 Å². The molecule has 1 aromatic carbocycles. The molecule has 1 rings (SSSR count). The lowest BCUT2D eigenvalue weighted by Gasteiger charge is -2.21. The summed E-state index contributed by atoms with van der Waals surface area (Å²) in [6, 6.07) is 6.94. The van der Waals surface area contributed by atoms with E-state index in [0.29, 0.717) is 13.1 Å². The first-order valence-electron chi connectivity index (χ1n) is 8.31. The van der Waals surface area contributed by atoms with E-state index in [1.807, 2.05) is 52.0 Å². The number of imide groups is 1. The minimum absolute atomic E-state index is 0.00565. The minimum atomic E-state index is -0.527. The molecule has 4 amide bonds. The Morgan fingerprint density at radius 2 is 1.76 bits per heavy atom. The smallest absolute Gasteiger partial charge is 0.321 e. The summed E-state index contributed by atoms with van der Waals surface area (Å²) >= 11 is 0. The first-order chi connectivity index (χ1) is 11.6. The molecule has 0 heterocycles. The van der Waals surface area contributed by atoms with Gasteiger partial charge in [-0.15, -0.1) is 0 Å². The van der Waals surface area contributed by atoms with Crippen LogP contribution in [0.5, 0.6) is 0 Å². The van der Waals surface area contributed by atoms with Gasteiger partial charge in [0.2, 0.25) is 11.8 Å². The minimum Gasteiger partial charge on any atom is -0.376 e. The molecule has 0 saturated heterocycles. The lowest BCUT2D eigenvalue weighted by Crippen LogP contribution is -2.49. The summed E-state index contributed by atoms with van der Waals surface area (Å²) < 4.78 is 0. The van der Waals surface area contributed by atoms with Crippen molar-refractivity contribution in [2.24, 2.45) is 0 Å². The van der Waals surface area contributed by atoms with E-state index < -0.39 is 17.5 Å². The first kappa shape index (κ1) is 20.5. The molecule has 7 heteroatoms. The molecule has 0 spiro atoms. The topological polar surface area (TPSA) is 90.5 Å². The van der Waals surface area contributed by atoms with Gasteiger partial charge in [0.15, 0.2) is 0 Å². The summed E-state index contributed by atoms with van der Waals surface area (Å²) in [5.74, 6) is -0.440. The maximum atomic E-state index is 11.9. The van der Waals surface area contributed by atoms with Gasteiger partial charge in [-0.05, 0) is 39.3 Å². The van der Waals surface area contributed by atoms with Gasteiger partial charge in [0.1, 0.15) is 0 Å². The Bertz CT molecular complexity index is 623. The second-order valence-electron chi connectivity index (χ2n) is 6.80. The van der Waals surface area contributed by atoms with Crippen LogP contribution in [0.15, 0.2) is 24.3 Å². The predicted octanol–water partition coefficient (Wildman–Crippen LogP) is 2.09. The van der Waals surface area contributed by atoms with Crippen LogP contribution in [-0.4, -0.2) is 41.4 Å². The maximum absolute atomic E-state index is 11.9. The summed E-state index contributed by atoms with van der Waals surface area (Å²) in [5.41, 5.74) is 1.25. The van der Waals surface area contributed by atoms with Crippen molar-refractivity contribution >= 4 is 23.5 Å². The molecule has 0 aliphatic rings. The molecule has 0 bridgehead atoms. The number of hydrogen-bond acceptors (Lipinski definition) is 4. The molecule has 0 fully saturated rings. The number of rotatable bonds is 6. The highest BCUT2D eigenvalue weighted by atomic mass is 16.2. The van der Waals surface area contributed by atoms with Gasteiger partial charge in [-0.3, -0.25) is 14.9 Å². The third kappa shape index (κ3) is 7.69. The number of carbonyl (C=O) groups is 3. The molecule has 3 N–H and O–H groups in total. The molecule has 0 saturated carbocycles. The zero-order valence-electron chi connectivity index (χ0n) is 15.6. The Kier molecular flexibility index (Phi) is 7.42. The van der Waals surface area contributed by atoms with Crippen molar-refractivity contribution in [3.8, 4) is 0 Å². The highest BCUT2D eigenvalue weighted by Gasteiger charge is 2.16. The van der Waals surface area contributed by atoms with Gasteiger partial charge in [-0.1, -0.05) is 18.2 Å². The number of urea groups is 1. The molecule has 1 aromatic rings. The van der Waals surface area contributed by atoms with E-state index >= 15 is 0 Å². The fraction of sp³-hybridized carbons (Fsp3) is 0.500. The van der Waals surface area contributed by atoms with Crippen LogP contribution >= 0.6 is 0 Å². The summed E-state index contributed by atoms with van der Waals surface area (Å²) in [6.07, 6.45) is 0. The Hall–Kier alpha value is -2.57. The number of amides is 4. The van der Waals surface area contributed by atoms with Crippen molar-refractivity contribution in [3.63, 3.8) is 0 Å². The molecular weight excluding hydrogens is 320 g/mol. The van der Waals surface area contributed by atoms with Crippen molar-refractivity contribution in [1.29, 1.82) is 0 Å². The quantitative estimate of drug-likeness (QED) is 0.734. The Balaban J connectivity index is 2.64. The van der Waals surface area contributed by atoms with E-state index in [-0.39, 0.29) is 12.5 Å². The number of para-hydroxylation sites is 1. The van der Waals surface area contributed by atoms with Gasteiger partial charge in [-0.25, -0.2) is 4.79 Å². The average Bonchev–Trinajstić information content (AvgIpc) is 2.49. The van der Waals surface area contributed by atoms with E-state index in [9.17, 15) is 14.4 Å². The summed E-state index contributed by atoms with van der Waals surface area (Å²) in [6.45, 7) is 9.97. The van der Waals surface area contributed by atoms with E-state index in [4.69, 9.17) is 0 Å². The highest BCUT2D eigenvalue weighted by Crippen LogP contribution is 2.17. The number of benzene rings is 1. The molecule has 0 radical (unpaired) electrons. The monoisotopic (exact) mass is 348 g/mol. The van der Waals surface area contributed by atoms with Crippen molar-refractivity contribution in [2.45, 2.75) is 46.7 Å². The third-order valence-electron chi connectivity index (χ3n) is 3.39. The zero-order valence-corrected chi connectivity index (χ0v) is 15.6. The second kappa shape index (κ2) is 9.05. The lowest BCUT2D eigenvalue weighted by molar-refractivity contribution is -0.129. The number of nitrogens with zero attached hydrogens (tertiary/aromatic N) is 1.